The molecule has 6 aliphatic rings. The van der Waals surface area contributed by atoms with Crippen LogP contribution in [0, 0.1) is 33.8 Å². The van der Waals surface area contributed by atoms with Crippen molar-refractivity contribution >= 4 is 11.8 Å². The molecule has 0 radical (unpaired) electrons. The number of methoxy groups -OCH3 is 1. The van der Waals surface area contributed by atoms with Crippen LogP contribution in [-0.2, 0) is 14.3 Å². The number of ketones is 1. The Morgan fingerprint density at radius 1 is 1.25 bits per heavy atom. The normalized spacial score (nSPS) is 50.8. The molecule has 5 heteroatoms. The number of allylic oxidation sites excluding steroid dienone is 3. The molecule has 6 rings (SSSR count). The van der Waals surface area contributed by atoms with Crippen molar-refractivity contribution in [1.82, 2.24) is 0 Å². The number of rotatable bonds is 1. The largest absolute Gasteiger partial charge is 0.633 e. The number of Topliss-reactive ketones (excluding diaryl/α,β-unsaturated/α-hetero) is 1. The summed E-state index contributed by atoms with van der Waals surface area (Å²) in [5, 5.41) is 14.0. The fraction of sp³-hybridized carbons (Fsp3) is 0.739. The molecule has 0 aromatic carbocycles. The minimum atomic E-state index is -0.661. The summed E-state index contributed by atoms with van der Waals surface area (Å²) >= 11 is 0. The van der Waals surface area contributed by atoms with Crippen molar-refractivity contribution in [3.63, 3.8) is 0 Å². The van der Waals surface area contributed by atoms with Gasteiger partial charge in [0.1, 0.15) is 5.78 Å². The fourth-order valence-corrected chi connectivity index (χ4v) is 8.80. The molecule has 4 aliphatic carbocycles. The minimum absolute atomic E-state index is 0.0119. The molecule has 7 atom stereocenters. The zero-order chi connectivity index (χ0) is 19.6. The van der Waals surface area contributed by atoms with Crippen molar-refractivity contribution in [1.29, 1.82) is 0 Å². The van der Waals surface area contributed by atoms with Gasteiger partial charge in [-0.25, -0.2) is 4.79 Å². The molecule has 1 unspecified atom stereocenters. The van der Waals surface area contributed by atoms with Crippen molar-refractivity contribution in [3.8, 4) is 0 Å². The molecule has 2 aliphatic heterocycles. The van der Waals surface area contributed by atoms with Crippen LogP contribution in [-0.4, -0.2) is 42.6 Å². The van der Waals surface area contributed by atoms with Crippen molar-refractivity contribution in [2.45, 2.75) is 58.4 Å². The highest BCUT2D eigenvalue weighted by atomic mass is 16.6. The number of esters is 1. The molecule has 3 fully saturated rings. The molecule has 0 N–H and O–H groups in total. The lowest BCUT2D eigenvalue weighted by atomic mass is 9.45. The summed E-state index contributed by atoms with van der Waals surface area (Å²) in [5.41, 5.74) is 3.41. The van der Waals surface area contributed by atoms with Gasteiger partial charge in [0.25, 0.3) is 0 Å². The first-order valence-corrected chi connectivity index (χ1v) is 10.9. The number of piperidine rings is 1. The van der Waals surface area contributed by atoms with Crippen LogP contribution in [0.25, 0.3) is 0 Å². The van der Waals surface area contributed by atoms with Gasteiger partial charge in [0.05, 0.1) is 31.7 Å². The van der Waals surface area contributed by atoms with Crippen LogP contribution < -0.4 is 0 Å². The average Bonchev–Trinajstić information content (AvgIpc) is 3.26. The van der Waals surface area contributed by atoms with Gasteiger partial charge in [-0.15, -0.1) is 0 Å². The van der Waals surface area contributed by atoms with E-state index in [1.54, 1.807) is 0 Å². The van der Waals surface area contributed by atoms with Gasteiger partial charge in [-0.3, -0.25) is 4.79 Å². The molecular weight excluding hydrogens is 354 g/mol. The Bertz CT molecular complexity index is 902. The predicted octanol–water partition coefficient (Wildman–Crippen LogP) is 3.29. The maximum absolute atomic E-state index is 14.3. The van der Waals surface area contributed by atoms with E-state index in [2.05, 4.69) is 13.8 Å². The van der Waals surface area contributed by atoms with Gasteiger partial charge in [-0.2, -0.15) is 0 Å². The van der Waals surface area contributed by atoms with Gasteiger partial charge in [-0.05, 0) is 43.3 Å². The molecule has 0 aromatic heterocycles. The predicted molar refractivity (Wildman–Crippen MR) is 103 cm³/mol. The number of hydroxylamine groups is 3. The third-order valence-electron chi connectivity index (χ3n) is 9.87. The monoisotopic (exact) mass is 383 g/mol. The van der Waals surface area contributed by atoms with Crippen molar-refractivity contribution in [3.05, 3.63) is 27.5 Å². The number of carbonyl (C=O) groups excluding carboxylic acids is 2. The molecule has 2 bridgehead atoms. The number of quaternary nitrogens is 1. The number of carbonyl (C=O) groups is 2. The SMILES string of the molecule is COC(=O)C1=C2CCC3=C2[C@]2(C1)C(=O)[C@H]1C[C@H]4[C@]2(C)[C@@H](CC3)C[N+]4([O-])C[C@@H]1C. The lowest BCUT2D eigenvalue weighted by Crippen LogP contribution is -2.68. The quantitative estimate of drug-likeness (QED) is 0.396. The molecule has 0 aromatic rings. The third kappa shape index (κ3) is 1.59. The molecular formula is C23H29NO4. The number of hydrogen-bond donors (Lipinski definition) is 0. The van der Waals surface area contributed by atoms with E-state index in [4.69, 9.17) is 4.74 Å². The first-order chi connectivity index (χ1) is 13.3. The second kappa shape index (κ2) is 4.99. The molecule has 150 valence electrons. The van der Waals surface area contributed by atoms with E-state index in [1.165, 1.54) is 18.3 Å². The Labute approximate surface area is 166 Å². The average molecular weight is 383 g/mol. The van der Waals surface area contributed by atoms with E-state index < -0.39 is 5.41 Å². The highest BCUT2D eigenvalue weighted by Crippen LogP contribution is 2.74. The molecule has 0 amide bonds. The van der Waals surface area contributed by atoms with Crippen LogP contribution in [0.15, 0.2) is 22.3 Å². The maximum Gasteiger partial charge on any atom is 0.334 e. The van der Waals surface area contributed by atoms with Gasteiger partial charge in [0.2, 0.25) is 0 Å². The van der Waals surface area contributed by atoms with Crippen molar-refractivity contribution in [2.75, 3.05) is 20.2 Å². The Balaban J connectivity index is 1.65. The van der Waals surface area contributed by atoms with Crippen LogP contribution >= 0.6 is 0 Å². The number of ether oxygens (including phenoxy) is 1. The molecule has 2 saturated heterocycles. The zero-order valence-electron chi connectivity index (χ0n) is 17.0. The molecule has 28 heavy (non-hydrogen) atoms. The molecule has 5 nitrogen and oxygen atoms in total. The summed E-state index contributed by atoms with van der Waals surface area (Å²) in [7, 11) is 1.44. The second-order valence-electron chi connectivity index (χ2n) is 10.5. The fourth-order valence-electron chi connectivity index (χ4n) is 8.80. The van der Waals surface area contributed by atoms with E-state index in [0.29, 0.717) is 25.3 Å². The summed E-state index contributed by atoms with van der Waals surface area (Å²) in [6.45, 7) is 5.58. The van der Waals surface area contributed by atoms with E-state index in [0.717, 1.165) is 43.3 Å². The zero-order valence-corrected chi connectivity index (χ0v) is 17.0. The van der Waals surface area contributed by atoms with Crippen LogP contribution in [0.3, 0.4) is 0 Å². The van der Waals surface area contributed by atoms with Gasteiger partial charge in [0, 0.05) is 35.2 Å². The van der Waals surface area contributed by atoms with Gasteiger partial charge in [0.15, 0.2) is 0 Å². The lowest BCUT2D eigenvalue weighted by molar-refractivity contribution is -0.908. The topological polar surface area (TPSA) is 66.4 Å². The smallest absolute Gasteiger partial charge is 0.334 e. The maximum atomic E-state index is 14.3. The van der Waals surface area contributed by atoms with Crippen LogP contribution in [0.1, 0.15) is 52.4 Å². The third-order valence-corrected chi connectivity index (χ3v) is 9.87. The van der Waals surface area contributed by atoms with E-state index in [1.807, 2.05) is 0 Å². The summed E-state index contributed by atoms with van der Waals surface area (Å²) in [6, 6.07) is -0.0119. The number of hydrogen-bond acceptors (Lipinski definition) is 4. The van der Waals surface area contributed by atoms with Crippen LogP contribution in [0.2, 0.25) is 0 Å². The molecule has 2 heterocycles. The molecule has 1 saturated carbocycles. The Hall–Kier alpha value is -1.46. The van der Waals surface area contributed by atoms with E-state index >= 15 is 0 Å². The highest BCUT2D eigenvalue weighted by Gasteiger charge is 2.78. The van der Waals surface area contributed by atoms with Gasteiger partial charge < -0.3 is 14.6 Å². The van der Waals surface area contributed by atoms with Gasteiger partial charge >= 0.3 is 5.97 Å². The van der Waals surface area contributed by atoms with Crippen molar-refractivity contribution in [2.24, 2.45) is 28.6 Å². The van der Waals surface area contributed by atoms with Crippen molar-refractivity contribution < 1.29 is 19.0 Å². The Kier molecular flexibility index (Phi) is 3.10. The Morgan fingerprint density at radius 2 is 2.04 bits per heavy atom. The standard InChI is InChI=1S/C23H29NO4/c1-12-10-24(27)11-14-6-4-13-5-7-15-17(21(26)28-3)9-23(19(13)15)20(25)16(12)8-18(24)22(14,23)2/h12,14,16,18H,4-11H2,1-3H3/t12-,14-,16-,18-,22-,23+,24?/m0/s1. The second-order valence-corrected chi connectivity index (χ2v) is 10.5. The highest BCUT2D eigenvalue weighted by molar-refractivity contribution is 6.01. The minimum Gasteiger partial charge on any atom is -0.633 e. The number of nitrogens with zero attached hydrogens (tertiary/aromatic N) is 1. The molecule has 1 spiro atoms. The first-order valence-electron chi connectivity index (χ1n) is 10.9. The Morgan fingerprint density at radius 3 is 2.79 bits per heavy atom. The van der Waals surface area contributed by atoms with E-state index in [9.17, 15) is 14.8 Å². The van der Waals surface area contributed by atoms with Gasteiger partial charge in [-0.1, -0.05) is 19.4 Å². The first kappa shape index (κ1) is 17.4. The van der Waals surface area contributed by atoms with Crippen LogP contribution in [0.4, 0.5) is 0 Å². The summed E-state index contributed by atoms with van der Waals surface area (Å²) < 4.78 is 5.03. The summed E-state index contributed by atoms with van der Waals surface area (Å²) in [4.78, 5) is 27.0. The van der Waals surface area contributed by atoms with Crippen LogP contribution in [0.5, 0.6) is 0 Å². The summed E-state index contributed by atoms with van der Waals surface area (Å²) in [5.74, 6) is 0.405. The number of fused-ring (bicyclic) bond motifs is 1. The van der Waals surface area contributed by atoms with E-state index in [-0.39, 0.29) is 39.8 Å². The lowest BCUT2D eigenvalue weighted by Gasteiger charge is -2.62. The summed E-state index contributed by atoms with van der Waals surface area (Å²) in [6.07, 6.45) is 5.03.